The molecule has 40 valence electrons. The third-order valence-corrected chi connectivity index (χ3v) is 0.626. The molecular formula is C4H6O3. The second-order valence-electron chi connectivity index (χ2n) is 1.15. The van der Waals surface area contributed by atoms with Crippen LogP contribution in [0.4, 0.5) is 0 Å². The molecule has 1 rings (SSSR count). The van der Waals surface area contributed by atoms with Crippen LogP contribution in [0.15, 0.2) is 12.3 Å². The van der Waals surface area contributed by atoms with E-state index in [0.29, 0.717) is 6.61 Å². The van der Waals surface area contributed by atoms with Crippen molar-refractivity contribution in [3.05, 3.63) is 12.3 Å². The highest BCUT2D eigenvalue weighted by Crippen LogP contribution is 1.96. The lowest BCUT2D eigenvalue weighted by Crippen LogP contribution is -2.16. The summed E-state index contributed by atoms with van der Waals surface area (Å²) in [6.07, 6.45) is 3.08. The quantitative estimate of drug-likeness (QED) is 0.461. The van der Waals surface area contributed by atoms with Crippen LogP contribution in [0, 0.1) is 0 Å². The zero-order valence-corrected chi connectivity index (χ0v) is 3.70. The monoisotopic (exact) mass is 102 g/mol. The first-order valence-corrected chi connectivity index (χ1v) is 2.00. The van der Waals surface area contributed by atoms with Crippen molar-refractivity contribution in [2.45, 2.75) is 6.48 Å². The molecule has 0 spiro atoms. The van der Waals surface area contributed by atoms with Gasteiger partial charge < -0.3 is 14.6 Å². The van der Waals surface area contributed by atoms with Gasteiger partial charge in [0.15, 0.2) is 0 Å². The normalized spacial score (nSPS) is 29.6. The van der Waals surface area contributed by atoms with Gasteiger partial charge in [-0.1, -0.05) is 0 Å². The highest BCUT2D eigenvalue weighted by Gasteiger charge is 2.02. The van der Waals surface area contributed by atoms with Crippen molar-refractivity contribution in [2.75, 3.05) is 6.61 Å². The van der Waals surface area contributed by atoms with Crippen molar-refractivity contribution in [3.8, 4) is 0 Å². The molecule has 0 aromatic heterocycles. The molecule has 1 atom stereocenters. The summed E-state index contributed by atoms with van der Waals surface area (Å²) in [6.45, 7) is -0.619. The Labute approximate surface area is 41.2 Å². The zero-order chi connectivity index (χ0) is 5.11. The summed E-state index contributed by atoms with van der Waals surface area (Å²) in [7, 11) is 0. The summed E-state index contributed by atoms with van der Waals surface area (Å²) < 4.78 is 8.95. The number of rotatable bonds is 0. The van der Waals surface area contributed by atoms with Crippen molar-refractivity contribution in [3.63, 3.8) is 0 Å². The average molecular weight is 102 g/mol. The summed E-state index contributed by atoms with van der Waals surface area (Å²) in [5.41, 5.74) is 0. The third kappa shape index (κ3) is 1.17. The summed E-state index contributed by atoms with van der Waals surface area (Å²) in [4.78, 5) is 0. The van der Waals surface area contributed by atoms with Crippen molar-refractivity contribution in [1.82, 2.24) is 0 Å². The third-order valence-electron chi connectivity index (χ3n) is 0.626. The van der Waals surface area contributed by atoms with Gasteiger partial charge in [0.05, 0.1) is 12.9 Å². The van der Waals surface area contributed by atoms with Crippen molar-refractivity contribution in [1.29, 1.82) is 0 Å². The maximum Gasteiger partial charge on any atom is 0.313 e. The van der Waals surface area contributed by atoms with Crippen molar-refractivity contribution < 1.29 is 14.6 Å². The molecule has 1 aliphatic rings. The van der Waals surface area contributed by atoms with Gasteiger partial charge in [-0.3, -0.25) is 0 Å². The summed E-state index contributed by atoms with van der Waals surface area (Å²) >= 11 is 0. The summed E-state index contributed by atoms with van der Waals surface area (Å²) in [5, 5.41) is 8.41. The molecule has 0 radical (unpaired) electrons. The van der Waals surface area contributed by atoms with E-state index in [4.69, 9.17) is 5.11 Å². The lowest BCUT2D eigenvalue weighted by molar-refractivity contribution is -0.240. The largest absolute Gasteiger partial charge is 0.450 e. The molecule has 1 heterocycles. The second kappa shape index (κ2) is 1.95. The molecule has 3 nitrogen and oxygen atoms in total. The zero-order valence-electron chi connectivity index (χ0n) is 3.70. The molecule has 7 heavy (non-hydrogen) atoms. The Hall–Kier alpha value is -0.540. The van der Waals surface area contributed by atoms with Crippen LogP contribution in [0.5, 0.6) is 0 Å². The average Bonchev–Trinajstić information content (AvgIpc) is 1.69. The van der Waals surface area contributed by atoms with Crippen LogP contribution in [0.1, 0.15) is 0 Å². The van der Waals surface area contributed by atoms with E-state index in [1.54, 1.807) is 6.08 Å². The number of aliphatic hydroxyl groups is 1. The van der Waals surface area contributed by atoms with E-state index in [2.05, 4.69) is 9.47 Å². The fourth-order valence-electron chi connectivity index (χ4n) is 0.339. The minimum atomic E-state index is -1.05. The van der Waals surface area contributed by atoms with Crippen LogP contribution < -0.4 is 0 Å². The van der Waals surface area contributed by atoms with Gasteiger partial charge in [0.2, 0.25) is 0 Å². The molecule has 0 saturated heterocycles. The van der Waals surface area contributed by atoms with Crippen LogP contribution in [0.25, 0.3) is 0 Å². The van der Waals surface area contributed by atoms with Crippen molar-refractivity contribution >= 4 is 0 Å². The Morgan fingerprint density at radius 1 is 1.71 bits per heavy atom. The highest BCUT2D eigenvalue weighted by molar-refractivity contribution is 4.74. The van der Waals surface area contributed by atoms with E-state index in [9.17, 15) is 0 Å². The van der Waals surface area contributed by atoms with Crippen LogP contribution in [0.3, 0.4) is 0 Å². The smallest absolute Gasteiger partial charge is 0.313 e. The fourth-order valence-corrected chi connectivity index (χ4v) is 0.339. The first-order valence-electron chi connectivity index (χ1n) is 2.00. The van der Waals surface area contributed by atoms with Gasteiger partial charge in [-0.2, -0.15) is 0 Å². The second-order valence-corrected chi connectivity index (χ2v) is 1.15. The molecule has 0 bridgehead atoms. The lowest BCUT2D eigenvalue weighted by Gasteiger charge is -2.12. The number of ether oxygens (including phenoxy) is 2. The Morgan fingerprint density at radius 3 is 2.86 bits per heavy atom. The molecule has 1 aliphatic heterocycles. The Morgan fingerprint density at radius 2 is 2.57 bits per heavy atom. The van der Waals surface area contributed by atoms with E-state index >= 15 is 0 Å². The molecule has 0 aromatic carbocycles. The van der Waals surface area contributed by atoms with Crippen LogP contribution >= 0.6 is 0 Å². The molecule has 1 unspecified atom stereocenters. The predicted molar refractivity (Wildman–Crippen MR) is 22.2 cm³/mol. The molecule has 0 aromatic rings. The first kappa shape index (κ1) is 4.61. The van der Waals surface area contributed by atoms with Gasteiger partial charge >= 0.3 is 6.48 Å². The van der Waals surface area contributed by atoms with Gasteiger partial charge in [0.25, 0.3) is 0 Å². The Balaban J connectivity index is 2.32. The van der Waals surface area contributed by atoms with Crippen LogP contribution in [-0.2, 0) is 9.47 Å². The van der Waals surface area contributed by atoms with E-state index in [0.717, 1.165) is 0 Å². The number of hydrogen-bond donors (Lipinski definition) is 1. The summed E-state index contributed by atoms with van der Waals surface area (Å²) in [5.74, 6) is 0. The van der Waals surface area contributed by atoms with E-state index < -0.39 is 6.48 Å². The highest BCUT2D eigenvalue weighted by atomic mass is 16.8. The Kier molecular flexibility index (Phi) is 1.29. The molecule has 0 aliphatic carbocycles. The number of hydrogen-bond acceptors (Lipinski definition) is 3. The van der Waals surface area contributed by atoms with Gasteiger partial charge in [-0.15, -0.1) is 0 Å². The molecule has 0 fully saturated rings. The fraction of sp³-hybridized carbons (Fsp3) is 0.500. The minimum absolute atomic E-state index is 0.432. The van der Waals surface area contributed by atoms with Crippen LogP contribution in [-0.4, -0.2) is 18.2 Å². The topological polar surface area (TPSA) is 38.7 Å². The van der Waals surface area contributed by atoms with Gasteiger partial charge in [-0.25, -0.2) is 0 Å². The summed E-state index contributed by atoms with van der Waals surface area (Å²) in [6, 6.07) is 0. The molecule has 1 N–H and O–H groups in total. The maximum absolute atomic E-state index is 8.41. The van der Waals surface area contributed by atoms with Gasteiger partial charge in [0, 0.05) is 0 Å². The van der Waals surface area contributed by atoms with Crippen LogP contribution in [0.2, 0.25) is 0 Å². The molecular weight excluding hydrogens is 96.0 g/mol. The molecule has 0 saturated carbocycles. The van der Waals surface area contributed by atoms with E-state index in [1.165, 1.54) is 6.26 Å². The minimum Gasteiger partial charge on any atom is -0.450 e. The predicted octanol–water partition coefficient (Wildman–Crippen LogP) is -0.177. The standard InChI is InChI=1S/C4H6O3/c5-4-6-2-1-3-7-4/h1-2,4-5H,3H2. The van der Waals surface area contributed by atoms with Crippen molar-refractivity contribution in [2.24, 2.45) is 0 Å². The SMILES string of the molecule is OC1OC=CCO1. The van der Waals surface area contributed by atoms with Gasteiger partial charge in [-0.05, 0) is 6.08 Å². The van der Waals surface area contributed by atoms with E-state index in [1.807, 2.05) is 0 Å². The molecule has 3 heteroatoms. The van der Waals surface area contributed by atoms with Gasteiger partial charge in [0.1, 0.15) is 0 Å². The molecule has 0 amide bonds. The maximum atomic E-state index is 8.41. The van der Waals surface area contributed by atoms with E-state index in [-0.39, 0.29) is 0 Å². The lowest BCUT2D eigenvalue weighted by atomic mass is 10.6. The first-order chi connectivity index (χ1) is 3.39. The Bertz CT molecular complexity index is 79.0. The number of aliphatic hydroxyl groups excluding tert-OH is 1.